The fourth-order valence-electron chi connectivity index (χ4n) is 1.01. The number of methoxy groups -OCH3 is 1. The quantitative estimate of drug-likeness (QED) is 0.547. The van der Waals surface area contributed by atoms with Gasteiger partial charge < -0.3 is 10.5 Å². The fraction of sp³-hybridized carbons (Fsp3) is 0.182. The van der Waals surface area contributed by atoms with E-state index in [1.54, 1.807) is 0 Å². The highest BCUT2D eigenvalue weighted by molar-refractivity contribution is 5.89. The van der Waals surface area contributed by atoms with Gasteiger partial charge in [-0.15, -0.1) is 0 Å². The molecule has 3 nitrogen and oxygen atoms in total. The highest BCUT2D eigenvalue weighted by Gasteiger charge is 2.00. The lowest BCUT2D eigenvalue weighted by molar-refractivity contribution is -0.133. The summed E-state index contributed by atoms with van der Waals surface area (Å²) in [4.78, 5) is 10.7. The van der Waals surface area contributed by atoms with Crippen molar-refractivity contribution >= 4 is 5.97 Å². The summed E-state index contributed by atoms with van der Waals surface area (Å²) in [6.45, 7) is 0.242. The number of esters is 1. The van der Waals surface area contributed by atoms with Crippen LogP contribution in [0.2, 0.25) is 0 Å². The molecule has 0 radical (unpaired) electrons. The van der Waals surface area contributed by atoms with Crippen LogP contribution < -0.4 is 5.73 Å². The summed E-state index contributed by atoms with van der Waals surface area (Å²) in [6.07, 6.45) is 0. The van der Waals surface area contributed by atoms with E-state index in [2.05, 4.69) is 16.6 Å². The van der Waals surface area contributed by atoms with Crippen molar-refractivity contribution in [2.24, 2.45) is 5.73 Å². The van der Waals surface area contributed by atoms with Crippen LogP contribution in [0.25, 0.3) is 0 Å². The molecule has 0 aliphatic carbocycles. The van der Waals surface area contributed by atoms with Crippen molar-refractivity contribution in [3.63, 3.8) is 0 Å². The van der Waals surface area contributed by atoms with Crippen molar-refractivity contribution in [3.8, 4) is 11.8 Å². The molecule has 15 heavy (non-hydrogen) atoms. The smallest absolute Gasteiger partial charge is 0.384 e. The average molecular weight is 207 g/mol. The molecule has 0 spiro atoms. The SMILES string of the molecule is COC(=O)C#Cc1cc(F)ccc1CN. The van der Waals surface area contributed by atoms with Gasteiger partial charge in [0.15, 0.2) is 0 Å². The van der Waals surface area contributed by atoms with Crippen LogP contribution in [0, 0.1) is 17.7 Å². The maximum absolute atomic E-state index is 12.9. The van der Waals surface area contributed by atoms with Crippen LogP contribution in [0.15, 0.2) is 18.2 Å². The third kappa shape index (κ3) is 3.08. The molecule has 1 aromatic carbocycles. The first-order chi connectivity index (χ1) is 7.17. The van der Waals surface area contributed by atoms with Crippen molar-refractivity contribution < 1.29 is 13.9 Å². The van der Waals surface area contributed by atoms with E-state index >= 15 is 0 Å². The van der Waals surface area contributed by atoms with E-state index in [1.165, 1.54) is 25.3 Å². The van der Waals surface area contributed by atoms with Gasteiger partial charge in [0, 0.05) is 18.0 Å². The Morgan fingerprint density at radius 3 is 2.93 bits per heavy atom. The summed E-state index contributed by atoms with van der Waals surface area (Å²) in [5.41, 5.74) is 6.53. The Balaban J connectivity index is 3.05. The lowest BCUT2D eigenvalue weighted by Crippen LogP contribution is -2.00. The first kappa shape index (κ1) is 11.2. The third-order valence-electron chi connectivity index (χ3n) is 1.78. The molecule has 0 amide bonds. The second-order valence-electron chi connectivity index (χ2n) is 2.75. The molecular formula is C11H10FNO2. The zero-order valence-corrected chi connectivity index (χ0v) is 8.21. The van der Waals surface area contributed by atoms with Crippen LogP contribution in [-0.4, -0.2) is 13.1 Å². The predicted molar refractivity (Wildman–Crippen MR) is 53.2 cm³/mol. The molecule has 1 rings (SSSR count). The molecule has 1 aromatic rings. The molecule has 0 bridgehead atoms. The minimum Gasteiger partial charge on any atom is -0.459 e. The van der Waals surface area contributed by atoms with Crippen LogP contribution in [0.3, 0.4) is 0 Å². The molecule has 0 aromatic heterocycles. The molecule has 0 aliphatic heterocycles. The average Bonchev–Trinajstić information content (AvgIpc) is 2.26. The van der Waals surface area contributed by atoms with E-state index < -0.39 is 11.8 Å². The number of hydrogen-bond acceptors (Lipinski definition) is 3. The van der Waals surface area contributed by atoms with Crippen molar-refractivity contribution in [1.82, 2.24) is 0 Å². The summed E-state index contributed by atoms with van der Waals surface area (Å²) < 4.78 is 17.2. The van der Waals surface area contributed by atoms with Crippen molar-refractivity contribution in [1.29, 1.82) is 0 Å². The first-order valence-electron chi connectivity index (χ1n) is 4.26. The van der Waals surface area contributed by atoms with Gasteiger partial charge in [0.25, 0.3) is 0 Å². The van der Waals surface area contributed by atoms with Crippen molar-refractivity contribution in [3.05, 3.63) is 35.1 Å². The Hall–Kier alpha value is -1.86. The maximum Gasteiger partial charge on any atom is 0.384 e. The summed E-state index contributed by atoms with van der Waals surface area (Å²) in [5.74, 6) is 3.65. The molecule has 0 atom stereocenters. The maximum atomic E-state index is 12.9. The number of hydrogen-bond donors (Lipinski definition) is 1. The molecule has 0 saturated heterocycles. The van der Waals surface area contributed by atoms with Gasteiger partial charge in [-0.25, -0.2) is 9.18 Å². The second kappa shape index (κ2) is 5.13. The molecule has 0 saturated carbocycles. The highest BCUT2D eigenvalue weighted by Crippen LogP contribution is 2.09. The number of halogens is 1. The Bertz CT molecular complexity index is 432. The van der Waals surface area contributed by atoms with Crippen LogP contribution in [-0.2, 0) is 16.1 Å². The normalized spacial score (nSPS) is 9.00. The van der Waals surface area contributed by atoms with Crippen molar-refractivity contribution in [2.75, 3.05) is 7.11 Å². The molecule has 0 heterocycles. The highest BCUT2D eigenvalue weighted by atomic mass is 19.1. The number of benzene rings is 1. The monoisotopic (exact) mass is 207 g/mol. The third-order valence-corrected chi connectivity index (χ3v) is 1.78. The van der Waals surface area contributed by atoms with E-state index in [0.29, 0.717) is 11.1 Å². The largest absolute Gasteiger partial charge is 0.459 e. The van der Waals surface area contributed by atoms with Crippen LogP contribution in [0.1, 0.15) is 11.1 Å². The number of nitrogens with two attached hydrogens (primary N) is 1. The van der Waals surface area contributed by atoms with Gasteiger partial charge in [-0.05, 0) is 17.7 Å². The van der Waals surface area contributed by atoms with E-state index in [0.717, 1.165) is 0 Å². The van der Waals surface area contributed by atoms with Crippen LogP contribution >= 0.6 is 0 Å². The molecule has 0 fully saturated rings. The van der Waals surface area contributed by atoms with Crippen LogP contribution in [0.4, 0.5) is 4.39 Å². The molecule has 4 heteroatoms. The number of rotatable bonds is 1. The van der Waals surface area contributed by atoms with E-state index in [1.807, 2.05) is 0 Å². The van der Waals surface area contributed by atoms with E-state index in [9.17, 15) is 9.18 Å². The summed E-state index contributed by atoms with van der Waals surface area (Å²) in [7, 11) is 1.23. The number of ether oxygens (including phenoxy) is 1. The lowest BCUT2D eigenvalue weighted by atomic mass is 10.1. The Morgan fingerprint density at radius 2 is 2.33 bits per heavy atom. The molecule has 0 aliphatic rings. The van der Waals surface area contributed by atoms with Gasteiger partial charge in [-0.3, -0.25) is 0 Å². The van der Waals surface area contributed by atoms with Gasteiger partial charge in [-0.2, -0.15) is 0 Å². The summed E-state index contributed by atoms with van der Waals surface area (Å²) in [5, 5.41) is 0. The Kier molecular flexibility index (Phi) is 3.83. The topological polar surface area (TPSA) is 52.3 Å². The number of carbonyl (C=O) groups excluding carboxylic acids is 1. The summed E-state index contributed by atoms with van der Waals surface area (Å²) >= 11 is 0. The standard InChI is InChI=1S/C11H10FNO2/c1-15-11(14)5-3-8-6-10(12)4-2-9(8)7-13/h2,4,6H,7,13H2,1H3. The fourth-order valence-corrected chi connectivity index (χ4v) is 1.01. The van der Waals surface area contributed by atoms with Gasteiger partial charge in [0.2, 0.25) is 0 Å². The zero-order valence-electron chi connectivity index (χ0n) is 8.21. The molecule has 0 unspecified atom stereocenters. The first-order valence-corrected chi connectivity index (χ1v) is 4.26. The zero-order chi connectivity index (χ0) is 11.3. The predicted octanol–water partition coefficient (Wildman–Crippen LogP) is 0.809. The molecule has 2 N–H and O–H groups in total. The second-order valence-corrected chi connectivity index (χ2v) is 2.75. The van der Waals surface area contributed by atoms with Gasteiger partial charge in [-0.1, -0.05) is 12.0 Å². The van der Waals surface area contributed by atoms with Gasteiger partial charge >= 0.3 is 5.97 Å². The van der Waals surface area contributed by atoms with Gasteiger partial charge in [0.05, 0.1) is 7.11 Å². The minimum absolute atomic E-state index is 0.242. The Morgan fingerprint density at radius 1 is 1.60 bits per heavy atom. The van der Waals surface area contributed by atoms with Crippen molar-refractivity contribution in [2.45, 2.75) is 6.54 Å². The van der Waals surface area contributed by atoms with Gasteiger partial charge in [0.1, 0.15) is 5.82 Å². The Labute approximate surface area is 87.0 Å². The molecule has 78 valence electrons. The number of carbonyl (C=O) groups is 1. The lowest BCUT2D eigenvalue weighted by Gasteiger charge is -2.00. The minimum atomic E-state index is -0.665. The van der Waals surface area contributed by atoms with Crippen LogP contribution in [0.5, 0.6) is 0 Å². The summed E-state index contributed by atoms with van der Waals surface area (Å²) in [6, 6.07) is 4.07. The molecular weight excluding hydrogens is 197 g/mol. The van der Waals surface area contributed by atoms with E-state index in [4.69, 9.17) is 5.73 Å². The van der Waals surface area contributed by atoms with E-state index in [-0.39, 0.29) is 6.54 Å².